The number of sulfone groups is 1. The molecule has 1 aliphatic rings. The molecule has 1 radical (unpaired) electrons. The predicted molar refractivity (Wildman–Crippen MR) is 177 cm³/mol. The zero-order chi connectivity index (χ0) is 37.4. The molecule has 5 rings (SSSR count). The number of ether oxygens (including phenoxy) is 1. The van der Waals surface area contributed by atoms with Crippen molar-refractivity contribution < 1.29 is 65.7 Å². The van der Waals surface area contributed by atoms with Gasteiger partial charge >= 0.3 is 16.5 Å². The van der Waals surface area contributed by atoms with Gasteiger partial charge in [0.05, 0.1) is 46.7 Å². The molecule has 275 valence electrons. The molecule has 1 fully saturated rings. The summed E-state index contributed by atoms with van der Waals surface area (Å²) in [5.41, 5.74) is -1.43. The van der Waals surface area contributed by atoms with Crippen molar-refractivity contribution in [2.24, 2.45) is 10.2 Å². The quantitative estimate of drug-likeness (QED) is 0.0769. The third kappa shape index (κ3) is 10.1. The molecule has 0 saturated carbocycles. The van der Waals surface area contributed by atoms with Crippen molar-refractivity contribution in [2.75, 3.05) is 48.9 Å². The number of anilines is 3. The summed E-state index contributed by atoms with van der Waals surface area (Å²) >= 11 is 0. The van der Waals surface area contributed by atoms with Gasteiger partial charge in [0.15, 0.2) is 15.6 Å². The average Bonchev–Trinajstić information content (AvgIpc) is 3.02. The van der Waals surface area contributed by atoms with Crippen LogP contribution in [0.2, 0.25) is 0 Å². The number of morpholine rings is 1. The van der Waals surface area contributed by atoms with Gasteiger partial charge in [-0.1, -0.05) is 0 Å². The Balaban J connectivity index is 0.00000605. The molecule has 3 aromatic carbocycles. The van der Waals surface area contributed by atoms with Gasteiger partial charge in [-0.2, -0.15) is 49.7 Å². The fourth-order valence-corrected chi connectivity index (χ4v) is 7.31. The molecule has 0 amide bonds. The molecule has 1 saturated heterocycles. The molecule has 0 atom stereocenters. The number of nitrogens with one attached hydrogen (secondary N) is 1. The third-order valence-electron chi connectivity index (χ3n) is 6.88. The fourth-order valence-electron chi connectivity index (χ4n) is 4.62. The van der Waals surface area contributed by atoms with Crippen LogP contribution in [-0.4, -0.2) is 136 Å². The second kappa shape index (κ2) is 15.8. The number of azo groups is 1. The van der Waals surface area contributed by atoms with Crippen LogP contribution < -0.4 is 10.2 Å². The standard InChI is InChI=1S/C25H24FN7O14S4.Na/c26-23-28-24(30-25(29-23)33-5-7-46-8-6-33)27-18-13-17(49(37,38)39)11-14-12-19(50(40,41)42)21(22(34)20(14)18)32-31-15-1-3-16(4-2-15)48(35,36)10-9-47-51(43,44)45;/h1-4,11-13,34H,5-10H2,(H,37,38,39)(H,40,41,42)(H,43,44,45)(H,27,28,29,30);. The molecular formula is C25H24FN7NaO14S4. The maximum atomic E-state index is 14.5. The molecule has 0 bridgehead atoms. The van der Waals surface area contributed by atoms with E-state index in [1.807, 2.05) is 0 Å². The Morgan fingerprint density at radius 3 is 2.12 bits per heavy atom. The smallest absolute Gasteiger partial charge is 0.397 e. The largest absolute Gasteiger partial charge is 0.505 e. The molecule has 0 spiro atoms. The SMILES string of the molecule is O=S(=O)(O)OCCS(=O)(=O)c1ccc(N=Nc2c(S(=O)(=O)O)cc3cc(S(=O)(=O)O)cc(Nc4nc(F)nc(N5CCOCC5)n4)c3c2O)cc1.[Na]. The van der Waals surface area contributed by atoms with E-state index in [4.69, 9.17) is 9.29 Å². The first-order chi connectivity index (χ1) is 23.7. The Morgan fingerprint density at radius 2 is 1.52 bits per heavy atom. The van der Waals surface area contributed by atoms with Gasteiger partial charge in [-0.25, -0.2) is 12.6 Å². The number of benzene rings is 3. The summed E-state index contributed by atoms with van der Waals surface area (Å²) in [7, 11) is -19.2. The summed E-state index contributed by atoms with van der Waals surface area (Å²) in [6.07, 6.45) is -1.25. The summed E-state index contributed by atoms with van der Waals surface area (Å²) < 4.78 is 148. The van der Waals surface area contributed by atoms with Gasteiger partial charge in [-0.05, 0) is 47.9 Å². The van der Waals surface area contributed by atoms with Crippen molar-refractivity contribution in [2.45, 2.75) is 14.7 Å². The van der Waals surface area contributed by atoms with E-state index in [0.29, 0.717) is 19.2 Å². The van der Waals surface area contributed by atoms with E-state index in [0.717, 1.165) is 36.4 Å². The minimum atomic E-state index is -5.24. The number of rotatable bonds is 12. The van der Waals surface area contributed by atoms with Crippen LogP contribution in [0.1, 0.15) is 0 Å². The van der Waals surface area contributed by atoms with Crippen LogP contribution in [0.3, 0.4) is 0 Å². The van der Waals surface area contributed by atoms with Crippen LogP contribution in [0.15, 0.2) is 67.4 Å². The Morgan fingerprint density at radius 1 is 0.865 bits per heavy atom. The number of hydrogen-bond acceptors (Lipinski definition) is 18. The van der Waals surface area contributed by atoms with E-state index in [9.17, 15) is 52.3 Å². The van der Waals surface area contributed by atoms with Crippen LogP contribution in [0.5, 0.6) is 5.75 Å². The number of hydrogen-bond donors (Lipinski definition) is 5. The van der Waals surface area contributed by atoms with Gasteiger partial charge in [-0.15, -0.1) is 5.11 Å². The van der Waals surface area contributed by atoms with Crippen molar-refractivity contribution in [3.63, 3.8) is 0 Å². The number of nitrogens with zero attached hydrogens (tertiary/aromatic N) is 6. The van der Waals surface area contributed by atoms with E-state index >= 15 is 0 Å². The molecular weight excluding hydrogens is 793 g/mol. The molecule has 5 N–H and O–H groups in total. The van der Waals surface area contributed by atoms with Crippen LogP contribution in [0.25, 0.3) is 10.8 Å². The number of phenols is 1. The van der Waals surface area contributed by atoms with E-state index in [1.54, 1.807) is 4.90 Å². The van der Waals surface area contributed by atoms with E-state index in [2.05, 4.69) is 34.7 Å². The number of halogens is 1. The van der Waals surface area contributed by atoms with Gasteiger partial charge in [0.2, 0.25) is 11.9 Å². The Hall–Kier alpha value is -3.54. The molecule has 1 aromatic heterocycles. The molecule has 0 aliphatic carbocycles. The van der Waals surface area contributed by atoms with Crippen molar-refractivity contribution >= 4 is 110 Å². The van der Waals surface area contributed by atoms with E-state index < -0.39 is 97.2 Å². The third-order valence-corrected chi connectivity index (χ3v) is 10.7. The summed E-state index contributed by atoms with van der Waals surface area (Å²) in [4.78, 5) is 10.7. The van der Waals surface area contributed by atoms with Gasteiger partial charge in [0, 0.05) is 48.0 Å². The molecule has 21 nitrogen and oxygen atoms in total. The minimum absolute atomic E-state index is 0. The number of aromatic nitrogens is 3. The average molecular weight is 817 g/mol. The van der Waals surface area contributed by atoms with Gasteiger partial charge < -0.3 is 20.1 Å². The van der Waals surface area contributed by atoms with Crippen LogP contribution >= 0.6 is 0 Å². The first-order valence-electron chi connectivity index (χ1n) is 13.9. The molecule has 0 unspecified atom stereocenters. The van der Waals surface area contributed by atoms with Crippen molar-refractivity contribution in [1.29, 1.82) is 0 Å². The van der Waals surface area contributed by atoms with E-state index in [-0.39, 0.29) is 64.7 Å². The topological polar surface area (TPSA) is 315 Å². The predicted octanol–water partition coefficient (Wildman–Crippen LogP) is 1.57. The second-order valence-corrected chi connectivity index (χ2v) is 16.3. The number of phenolic OH excluding ortho intramolecular Hbond substituents is 1. The normalized spacial score (nSPS) is 14.4. The summed E-state index contributed by atoms with van der Waals surface area (Å²) in [5, 5.41) is 20.6. The summed E-state index contributed by atoms with van der Waals surface area (Å²) in [6.45, 7) is 0.278. The monoisotopic (exact) mass is 816 g/mol. The number of aromatic hydroxyl groups is 1. The van der Waals surface area contributed by atoms with Gasteiger partial charge in [0.1, 0.15) is 10.6 Å². The maximum absolute atomic E-state index is 14.5. The first-order valence-corrected chi connectivity index (χ1v) is 19.8. The van der Waals surface area contributed by atoms with Gasteiger partial charge in [-0.3, -0.25) is 13.7 Å². The summed E-state index contributed by atoms with van der Waals surface area (Å²) in [6, 6.07) is 6.50. The molecule has 52 heavy (non-hydrogen) atoms. The van der Waals surface area contributed by atoms with Crippen molar-refractivity contribution in [1.82, 2.24) is 15.0 Å². The van der Waals surface area contributed by atoms with E-state index in [1.165, 1.54) is 0 Å². The first kappa shape index (κ1) is 41.2. The van der Waals surface area contributed by atoms with Crippen LogP contribution in [-0.2, 0) is 49.4 Å². The van der Waals surface area contributed by atoms with Gasteiger partial charge in [0.25, 0.3) is 20.2 Å². The molecule has 2 heterocycles. The number of fused-ring (bicyclic) bond motifs is 1. The Labute approximate surface area is 316 Å². The zero-order valence-electron chi connectivity index (χ0n) is 26.3. The maximum Gasteiger partial charge on any atom is 0.397 e. The van der Waals surface area contributed by atoms with Crippen LogP contribution in [0, 0.1) is 6.08 Å². The summed E-state index contributed by atoms with van der Waals surface area (Å²) in [5.74, 6) is -2.48. The molecule has 27 heteroatoms. The molecule has 4 aromatic rings. The van der Waals surface area contributed by atoms with Crippen molar-refractivity contribution in [3.8, 4) is 5.75 Å². The zero-order valence-corrected chi connectivity index (χ0v) is 31.6. The van der Waals surface area contributed by atoms with Crippen LogP contribution in [0.4, 0.5) is 33.3 Å². The molecule has 1 aliphatic heterocycles. The van der Waals surface area contributed by atoms with Crippen molar-refractivity contribution in [3.05, 3.63) is 48.5 Å². The minimum Gasteiger partial charge on any atom is -0.505 e. The second-order valence-electron chi connectivity index (χ2n) is 10.3. The fraction of sp³-hybridized carbons (Fsp3) is 0.240. The Kier molecular flexibility index (Phi) is 12.5. The Bertz CT molecular complexity index is 2490.